The van der Waals surface area contributed by atoms with E-state index in [0.29, 0.717) is 18.8 Å². The Kier molecular flexibility index (Phi) is 6.36. The number of rotatable bonds is 6. The highest BCUT2D eigenvalue weighted by atomic mass is 32.2. The lowest BCUT2D eigenvalue weighted by atomic mass is 9.83. The third-order valence-corrected chi connectivity index (χ3v) is 7.30. The second kappa shape index (κ2) is 8.93. The summed E-state index contributed by atoms with van der Waals surface area (Å²) < 4.78 is 12.4. The van der Waals surface area contributed by atoms with Crippen LogP contribution in [0.1, 0.15) is 57.2 Å². The number of benzene rings is 2. The first-order valence-electron chi connectivity index (χ1n) is 11.4. The number of fused-ring (bicyclic) bond motifs is 1. The molecule has 0 saturated carbocycles. The minimum Gasteiger partial charge on any atom is -0.508 e. The van der Waals surface area contributed by atoms with Crippen LogP contribution in [0, 0.1) is 5.41 Å². The maximum atomic E-state index is 11.8. The molecule has 2 aliphatic rings. The Morgan fingerprint density at radius 3 is 2.64 bits per heavy atom. The number of hydrogen-bond acceptors (Lipinski definition) is 6. The molecule has 7 heteroatoms. The number of nitrogens with one attached hydrogen (secondary N) is 2. The molecule has 2 aliphatic heterocycles. The second-order valence-corrected chi connectivity index (χ2v) is 11.4. The normalized spacial score (nSPS) is 22.5. The molecule has 2 heterocycles. The Hall–Kier alpha value is -2.67. The summed E-state index contributed by atoms with van der Waals surface area (Å²) in [4.78, 5) is 11.8. The number of hydrogen-bond donors (Lipinski definition) is 3. The van der Waals surface area contributed by atoms with Gasteiger partial charge in [-0.3, -0.25) is 10.2 Å². The first-order chi connectivity index (χ1) is 15.5. The molecule has 176 valence electrons. The van der Waals surface area contributed by atoms with Crippen molar-refractivity contribution in [2.75, 3.05) is 6.61 Å². The lowest BCUT2D eigenvalue weighted by Gasteiger charge is -2.37. The van der Waals surface area contributed by atoms with E-state index in [1.807, 2.05) is 36.4 Å². The summed E-state index contributed by atoms with van der Waals surface area (Å²) in [7, 11) is 0. The number of phenols is 1. The van der Waals surface area contributed by atoms with Gasteiger partial charge in [0, 0.05) is 12.0 Å². The van der Waals surface area contributed by atoms with Crippen LogP contribution in [0.5, 0.6) is 17.2 Å². The topological polar surface area (TPSA) is 91.6 Å². The molecule has 6 nitrogen and oxygen atoms in total. The third kappa shape index (κ3) is 5.46. The molecule has 0 radical (unpaired) electrons. The summed E-state index contributed by atoms with van der Waals surface area (Å²) in [5.74, 6) is 1.88. The predicted molar refractivity (Wildman–Crippen MR) is 132 cm³/mol. The Bertz CT molecular complexity index is 1060. The van der Waals surface area contributed by atoms with Gasteiger partial charge in [0.25, 0.3) is 0 Å². The SMILES string of the molecule is CC1(CCOc2ccc(CC3SC(=N)NC3=O)cc2)CCc2cc(O)c(C(C)(C)C)cc2O1. The zero-order chi connectivity index (χ0) is 23.8. The fourth-order valence-corrected chi connectivity index (χ4v) is 5.15. The summed E-state index contributed by atoms with van der Waals surface area (Å²) in [6.45, 7) is 8.91. The zero-order valence-corrected chi connectivity index (χ0v) is 20.5. The number of amides is 1. The highest BCUT2D eigenvalue weighted by molar-refractivity contribution is 8.15. The van der Waals surface area contributed by atoms with E-state index in [1.165, 1.54) is 11.8 Å². The average molecular weight is 469 g/mol. The maximum absolute atomic E-state index is 11.8. The smallest absolute Gasteiger partial charge is 0.239 e. The van der Waals surface area contributed by atoms with E-state index in [9.17, 15) is 9.90 Å². The van der Waals surface area contributed by atoms with Crippen molar-refractivity contribution < 1.29 is 19.4 Å². The molecule has 0 aliphatic carbocycles. The van der Waals surface area contributed by atoms with Crippen molar-refractivity contribution in [3.63, 3.8) is 0 Å². The lowest BCUT2D eigenvalue weighted by molar-refractivity contribution is -0.118. The predicted octanol–water partition coefficient (Wildman–Crippen LogP) is 4.95. The molecular weight excluding hydrogens is 436 g/mol. The fraction of sp³-hybridized carbons (Fsp3) is 0.462. The van der Waals surface area contributed by atoms with Crippen LogP contribution >= 0.6 is 11.8 Å². The lowest BCUT2D eigenvalue weighted by Crippen LogP contribution is -2.38. The molecule has 33 heavy (non-hydrogen) atoms. The fourth-order valence-electron chi connectivity index (χ4n) is 4.27. The monoisotopic (exact) mass is 468 g/mol. The van der Waals surface area contributed by atoms with E-state index in [0.717, 1.165) is 47.5 Å². The van der Waals surface area contributed by atoms with Crippen LogP contribution in [-0.2, 0) is 23.1 Å². The minimum absolute atomic E-state index is 0.0996. The Morgan fingerprint density at radius 2 is 2.00 bits per heavy atom. The van der Waals surface area contributed by atoms with Crippen molar-refractivity contribution in [1.29, 1.82) is 5.41 Å². The van der Waals surface area contributed by atoms with Crippen molar-refractivity contribution in [3.05, 3.63) is 53.1 Å². The number of carbonyl (C=O) groups excluding carboxylic acids is 1. The van der Waals surface area contributed by atoms with Crippen LogP contribution in [-0.4, -0.2) is 33.6 Å². The number of thioether (sulfide) groups is 1. The molecule has 3 N–H and O–H groups in total. The van der Waals surface area contributed by atoms with Gasteiger partial charge in [-0.25, -0.2) is 0 Å². The number of phenolic OH excluding ortho intramolecular Hbond substituents is 1. The van der Waals surface area contributed by atoms with E-state index < -0.39 is 0 Å². The number of aromatic hydroxyl groups is 1. The highest BCUT2D eigenvalue weighted by Crippen LogP contribution is 2.41. The van der Waals surface area contributed by atoms with Gasteiger partial charge in [-0.2, -0.15) is 0 Å². The Balaban J connectivity index is 1.32. The maximum Gasteiger partial charge on any atom is 0.239 e. The minimum atomic E-state index is -0.323. The van der Waals surface area contributed by atoms with Gasteiger partial charge in [-0.15, -0.1) is 0 Å². The van der Waals surface area contributed by atoms with Gasteiger partial charge in [0.2, 0.25) is 5.91 Å². The van der Waals surface area contributed by atoms with Crippen molar-refractivity contribution in [1.82, 2.24) is 5.32 Å². The second-order valence-electron chi connectivity index (χ2n) is 10.2. The van der Waals surface area contributed by atoms with Crippen molar-refractivity contribution in [2.24, 2.45) is 0 Å². The number of aryl methyl sites for hydroxylation is 1. The zero-order valence-electron chi connectivity index (χ0n) is 19.7. The molecule has 2 unspecified atom stereocenters. The van der Waals surface area contributed by atoms with Gasteiger partial charge in [0.15, 0.2) is 5.17 Å². The van der Waals surface area contributed by atoms with E-state index in [4.69, 9.17) is 14.9 Å². The Labute approximate surface area is 199 Å². The molecule has 2 aromatic rings. The molecule has 2 atom stereocenters. The number of amidine groups is 1. The van der Waals surface area contributed by atoms with E-state index in [2.05, 4.69) is 33.0 Å². The van der Waals surface area contributed by atoms with Gasteiger partial charge in [-0.05, 0) is 67.0 Å². The molecule has 0 spiro atoms. The van der Waals surface area contributed by atoms with Gasteiger partial charge in [0.05, 0.1) is 11.9 Å². The van der Waals surface area contributed by atoms with Crippen LogP contribution in [0.25, 0.3) is 0 Å². The van der Waals surface area contributed by atoms with E-state index in [1.54, 1.807) is 0 Å². The number of ether oxygens (including phenoxy) is 2. The highest BCUT2D eigenvalue weighted by Gasteiger charge is 2.33. The molecule has 1 fully saturated rings. The molecule has 0 aromatic heterocycles. The number of carbonyl (C=O) groups is 1. The molecule has 2 aromatic carbocycles. The molecule has 1 saturated heterocycles. The molecular formula is C26H32N2O4S. The van der Waals surface area contributed by atoms with Crippen LogP contribution in [0.2, 0.25) is 0 Å². The molecule has 0 bridgehead atoms. The summed E-state index contributed by atoms with van der Waals surface area (Å²) >= 11 is 1.26. The van der Waals surface area contributed by atoms with E-state index >= 15 is 0 Å². The standard InChI is InChI=1S/C26H32N2O4S/c1-25(2,3)19-15-21-17(14-20(19)29)9-10-26(4,32-21)11-12-31-18-7-5-16(6-8-18)13-22-23(30)28-24(27)33-22/h5-8,14-15,22,29H,9-13H2,1-4H3,(H2,27,28,30). The van der Waals surface area contributed by atoms with Crippen molar-refractivity contribution >= 4 is 22.8 Å². The van der Waals surface area contributed by atoms with Gasteiger partial charge < -0.3 is 19.9 Å². The summed E-state index contributed by atoms with van der Waals surface area (Å²) in [5.41, 5.74) is 2.51. The van der Waals surface area contributed by atoms with Gasteiger partial charge >= 0.3 is 0 Å². The van der Waals surface area contributed by atoms with Crippen LogP contribution < -0.4 is 14.8 Å². The first-order valence-corrected chi connectivity index (χ1v) is 12.2. The van der Waals surface area contributed by atoms with Gasteiger partial charge in [0.1, 0.15) is 22.8 Å². The summed E-state index contributed by atoms with van der Waals surface area (Å²) in [6.07, 6.45) is 3.08. The summed E-state index contributed by atoms with van der Waals surface area (Å²) in [5, 5.41) is 20.5. The quantitative estimate of drug-likeness (QED) is 0.558. The van der Waals surface area contributed by atoms with Crippen molar-refractivity contribution in [3.8, 4) is 17.2 Å². The Morgan fingerprint density at radius 1 is 1.27 bits per heavy atom. The average Bonchev–Trinajstić information content (AvgIpc) is 3.05. The first kappa shape index (κ1) is 23.5. The van der Waals surface area contributed by atoms with Crippen LogP contribution in [0.15, 0.2) is 36.4 Å². The van der Waals surface area contributed by atoms with Crippen LogP contribution in [0.4, 0.5) is 0 Å². The molecule has 4 rings (SSSR count). The van der Waals surface area contributed by atoms with Crippen LogP contribution in [0.3, 0.4) is 0 Å². The molecule has 1 amide bonds. The van der Waals surface area contributed by atoms with E-state index in [-0.39, 0.29) is 27.3 Å². The van der Waals surface area contributed by atoms with Gasteiger partial charge in [-0.1, -0.05) is 44.7 Å². The third-order valence-electron chi connectivity index (χ3n) is 6.30. The van der Waals surface area contributed by atoms with Crippen molar-refractivity contribution in [2.45, 2.75) is 69.6 Å². The largest absolute Gasteiger partial charge is 0.508 e. The summed E-state index contributed by atoms with van der Waals surface area (Å²) in [6, 6.07) is 11.6.